The molecule has 0 unspecified atom stereocenters. The molecule has 0 atom stereocenters. The summed E-state index contributed by atoms with van der Waals surface area (Å²) in [6, 6.07) is 50.9. The van der Waals surface area contributed by atoms with E-state index < -0.39 is 0 Å². The highest BCUT2D eigenvalue weighted by atomic mass is 16.3. The fourth-order valence-corrected chi connectivity index (χ4v) is 8.03. The predicted molar refractivity (Wildman–Crippen MR) is 225 cm³/mol. The molecule has 0 fully saturated rings. The topological polar surface area (TPSA) is 13.1 Å². The van der Waals surface area contributed by atoms with Gasteiger partial charge in [-0.1, -0.05) is 158 Å². The molecule has 0 N–H and O–H groups in total. The second-order valence-corrected chi connectivity index (χ2v) is 13.5. The van der Waals surface area contributed by atoms with E-state index >= 15 is 0 Å². The van der Waals surface area contributed by atoms with Gasteiger partial charge in [-0.05, 0) is 124 Å². The Balaban J connectivity index is 1.14. The van der Waals surface area contributed by atoms with Crippen LogP contribution in [0, 0.1) is 0 Å². The molecule has 1 heteroatoms. The van der Waals surface area contributed by atoms with E-state index in [9.17, 15) is 8.22 Å². The second-order valence-electron chi connectivity index (χ2n) is 13.5. The average Bonchev–Trinajstić information content (AvgIpc) is 3.65. The van der Waals surface area contributed by atoms with Gasteiger partial charge < -0.3 is 4.42 Å². The van der Waals surface area contributed by atoms with Crippen LogP contribution in [0.3, 0.4) is 0 Å². The third-order valence-electron chi connectivity index (χ3n) is 10.5. The van der Waals surface area contributed by atoms with Crippen molar-refractivity contribution >= 4 is 65.0 Å². The maximum atomic E-state index is 9.74. The Labute approximate surface area is 315 Å². The van der Waals surface area contributed by atoms with Crippen LogP contribution in [0.25, 0.3) is 110 Å². The van der Waals surface area contributed by atoms with E-state index in [2.05, 4.69) is 42.5 Å². The lowest BCUT2D eigenvalue weighted by Crippen LogP contribution is -1.90. The summed E-state index contributed by atoms with van der Waals surface area (Å²) in [6.07, 6.45) is 0. The fraction of sp³-hybridized carbons (Fsp3) is 0. The molecule has 0 spiro atoms. The van der Waals surface area contributed by atoms with E-state index in [-0.39, 0.29) is 58.2 Å². The molecule has 0 saturated heterocycles. The van der Waals surface area contributed by atoms with Crippen LogP contribution in [0.15, 0.2) is 198 Å². The average molecular weight is 679 g/mol. The summed E-state index contributed by atoms with van der Waals surface area (Å²) >= 11 is 0. The molecule has 0 aliphatic carbocycles. The van der Waals surface area contributed by atoms with Gasteiger partial charge in [-0.2, -0.15) is 0 Å². The number of fused-ring (bicyclic) bond motifs is 7. The Morgan fingerprint density at radius 1 is 0.340 bits per heavy atom. The van der Waals surface area contributed by atoms with Crippen LogP contribution in [-0.2, 0) is 0 Å². The first-order chi connectivity index (χ1) is 28.8. The van der Waals surface area contributed by atoms with Crippen molar-refractivity contribution in [2.24, 2.45) is 0 Å². The van der Waals surface area contributed by atoms with E-state index in [1.54, 1.807) is 0 Å². The number of rotatable bonds is 4. The first-order valence-corrected chi connectivity index (χ1v) is 17.8. The first-order valence-electron chi connectivity index (χ1n) is 20.8. The van der Waals surface area contributed by atoms with Crippen LogP contribution in [0.4, 0.5) is 0 Å². The Morgan fingerprint density at radius 3 is 1.66 bits per heavy atom. The van der Waals surface area contributed by atoms with Gasteiger partial charge in [-0.15, -0.1) is 0 Å². The molecule has 1 aromatic heterocycles. The summed E-state index contributed by atoms with van der Waals surface area (Å²) in [5.41, 5.74) is 6.85. The van der Waals surface area contributed by atoms with Crippen molar-refractivity contribution in [2.75, 3.05) is 0 Å². The maximum Gasteiger partial charge on any atom is 0.136 e. The van der Waals surface area contributed by atoms with Crippen LogP contribution < -0.4 is 0 Å². The van der Waals surface area contributed by atoms with Gasteiger partial charge in [0, 0.05) is 10.8 Å². The summed E-state index contributed by atoms with van der Waals surface area (Å²) in [5, 5.41) is 7.33. The fourth-order valence-electron chi connectivity index (χ4n) is 8.03. The standard InChI is InChI=1S/C52H32O/c1-2-12-34(13-3-1)50-43-15-6-8-17-45(43)51(46-18-9-7-16-44(46)50)41-26-24-37-30-40(25-23-38(37)31-41)42-19-10-20-48-52(42)47-28-27-39(32-49(47)53-48)36-22-21-33-11-4-5-14-35(33)29-36/h1-32H/i23D,24D,25D,26D,30D,31D. The number of benzene rings is 10. The number of hydrogen-bond donors (Lipinski definition) is 0. The van der Waals surface area contributed by atoms with E-state index in [0.717, 1.165) is 60.0 Å². The maximum absolute atomic E-state index is 9.74. The largest absolute Gasteiger partial charge is 0.456 e. The van der Waals surface area contributed by atoms with Crippen LogP contribution >= 0.6 is 0 Å². The van der Waals surface area contributed by atoms with E-state index in [0.29, 0.717) is 27.7 Å². The summed E-state index contributed by atoms with van der Waals surface area (Å²) in [6.45, 7) is 0. The molecule has 11 rings (SSSR count). The molecule has 0 aliphatic rings. The summed E-state index contributed by atoms with van der Waals surface area (Å²) < 4.78 is 63.8. The minimum atomic E-state index is -0.260. The zero-order valence-electron chi connectivity index (χ0n) is 34.4. The Morgan fingerprint density at radius 2 is 0.925 bits per heavy atom. The quantitative estimate of drug-likeness (QED) is 0.169. The predicted octanol–water partition coefficient (Wildman–Crippen LogP) is 14.9. The van der Waals surface area contributed by atoms with Gasteiger partial charge in [0.1, 0.15) is 11.2 Å². The van der Waals surface area contributed by atoms with Gasteiger partial charge in [0.15, 0.2) is 0 Å². The third kappa shape index (κ3) is 4.79. The van der Waals surface area contributed by atoms with Crippen molar-refractivity contribution < 1.29 is 12.6 Å². The smallest absolute Gasteiger partial charge is 0.136 e. The lowest BCUT2D eigenvalue weighted by atomic mass is 9.85. The van der Waals surface area contributed by atoms with Gasteiger partial charge in [-0.3, -0.25) is 0 Å². The van der Waals surface area contributed by atoms with Gasteiger partial charge in [0.2, 0.25) is 0 Å². The summed E-state index contributed by atoms with van der Waals surface area (Å²) in [5.74, 6) is 0. The SMILES string of the molecule is [2H]c1c(-c2cccc3oc4cc(-c5ccc6ccccc6c5)ccc4c23)c([2H])c2c([2H])c([2H])c(-c3c4ccccc4c(-c4ccccc4)c4ccccc34)c([2H])c2c1[2H]. The molecule has 0 aliphatic heterocycles. The van der Waals surface area contributed by atoms with E-state index in [1.165, 1.54) is 0 Å². The van der Waals surface area contributed by atoms with Crippen LogP contribution in [0.1, 0.15) is 8.22 Å². The van der Waals surface area contributed by atoms with Crippen LogP contribution in [-0.4, -0.2) is 0 Å². The van der Waals surface area contributed by atoms with Crippen molar-refractivity contribution in [3.63, 3.8) is 0 Å². The molecule has 11 aromatic rings. The minimum absolute atomic E-state index is 0.0117. The van der Waals surface area contributed by atoms with Gasteiger partial charge in [0.05, 0.1) is 8.22 Å². The Hall–Kier alpha value is -6.96. The van der Waals surface area contributed by atoms with Crippen molar-refractivity contribution in [1.29, 1.82) is 0 Å². The van der Waals surface area contributed by atoms with Crippen molar-refractivity contribution in [1.82, 2.24) is 0 Å². The van der Waals surface area contributed by atoms with Gasteiger partial charge in [-0.25, -0.2) is 0 Å². The zero-order valence-corrected chi connectivity index (χ0v) is 28.4. The molecular weight excluding hydrogens is 641 g/mol. The normalized spacial score (nSPS) is 13.4. The minimum Gasteiger partial charge on any atom is -0.456 e. The van der Waals surface area contributed by atoms with E-state index in [4.69, 9.17) is 4.42 Å². The molecule has 246 valence electrons. The second kappa shape index (κ2) is 11.8. The summed E-state index contributed by atoms with van der Waals surface area (Å²) in [7, 11) is 0. The van der Waals surface area contributed by atoms with E-state index in [1.807, 2.05) is 115 Å². The van der Waals surface area contributed by atoms with Gasteiger partial charge in [0.25, 0.3) is 0 Å². The molecule has 0 amide bonds. The molecule has 10 aromatic carbocycles. The highest BCUT2D eigenvalue weighted by molar-refractivity contribution is 6.22. The number of hydrogen-bond acceptors (Lipinski definition) is 1. The number of furan rings is 1. The highest BCUT2D eigenvalue weighted by Crippen LogP contribution is 2.45. The molecule has 0 saturated carbocycles. The van der Waals surface area contributed by atoms with Crippen molar-refractivity contribution in [3.8, 4) is 44.5 Å². The Kier molecular flexibility index (Phi) is 5.40. The molecule has 0 bridgehead atoms. The Bertz CT molecular complexity index is 3510. The monoisotopic (exact) mass is 678 g/mol. The van der Waals surface area contributed by atoms with Gasteiger partial charge >= 0.3 is 0 Å². The molecule has 53 heavy (non-hydrogen) atoms. The van der Waals surface area contributed by atoms with Crippen LogP contribution in [0.5, 0.6) is 0 Å². The lowest BCUT2D eigenvalue weighted by molar-refractivity contribution is 0.669. The molecule has 1 nitrogen and oxygen atoms in total. The van der Waals surface area contributed by atoms with Crippen molar-refractivity contribution in [2.45, 2.75) is 0 Å². The molecular formula is C52H32O. The van der Waals surface area contributed by atoms with Crippen LogP contribution in [0.2, 0.25) is 0 Å². The zero-order chi connectivity index (χ0) is 40.1. The third-order valence-corrected chi connectivity index (χ3v) is 10.5. The lowest BCUT2D eigenvalue weighted by Gasteiger charge is -2.18. The van der Waals surface area contributed by atoms with Crippen molar-refractivity contribution in [3.05, 3.63) is 194 Å². The first kappa shape index (κ1) is 24.3. The summed E-state index contributed by atoms with van der Waals surface area (Å²) in [4.78, 5) is 0. The molecule has 1 heterocycles. The molecule has 0 radical (unpaired) electrons. The highest BCUT2D eigenvalue weighted by Gasteiger charge is 2.18.